The summed E-state index contributed by atoms with van der Waals surface area (Å²) in [5.74, 6) is -0.526. The quantitative estimate of drug-likeness (QED) is 0.896. The Balaban J connectivity index is 2.19. The molecule has 3 N–H and O–H groups in total. The van der Waals surface area contributed by atoms with Gasteiger partial charge < -0.3 is 11.1 Å². The molecule has 2 aromatic carbocycles. The molecular formula is C16H17ClN2O. The van der Waals surface area contributed by atoms with Gasteiger partial charge in [0.15, 0.2) is 0 Å². The summed E-state index contributed by atoms with van der Waals surface area (Å²) < 4.78 is 0. The zero-order valence-corrected chi connectivity index (χ0v) is 12.2. The number of anilines is 1. The van der Waals surface area contributed by atoms with Gasteiger partial charge in [-0.1, -0.05) is 41.4 Å². The molecule has 0 spiro atoms. The van der Waals surface area contributed by atoms with Crippen LogP contribution in [0.2, 0.25) is 5.02 Å². The third-order valence-electron chi connectivity index (χ3n) is 3.19. The number of hydrogen-bond donors (Lipinski definition) is 2. The van der Waals surface area contributed by atoms with E-state index in [2.05, 4.69) is 43.4 Å². The van der Waals surface area contributed by atoms with E-state index in [-0.39, 0.29) is 6.04 Å². The number of rotatable bonds is 4. The lowest BCUT2D eigenvalue weighted by atomic mass is 10.1. The SMILES string of the molecule is Cc1ccc(C(C)Nc2ccc(Cl)c(C(N)=O)c2)cc1. The Kier molecular flexibility index (Phi) is 4.30. The van der Waals surface area contributed by atoms with Crippen LogP contribution in [0.1, 0.15) is 34.5 Å². The molecule has 1 atom stereocenters. The molecule has 0 aliphatic carbocycles. The second-order valence-electron chi connectivity index (χ2n) is 4.84. The highest BCUT2D eigenvalue weighted by Gasteiger charge is 2.10. The van der Waals surface area contributed by atoms with E-state index in [0.717, 1.165) is 5.69 Å². The predicted octanol–water partition coefficient (Wildman–Crippen LogP) is 3.92. The topological polar surface area (TPSA) is 55.1 Å². The number of carbonyl (C=O) groups excluding carboxylic acids is 1. The minimum absolute atomic E-state index is 0.123. The van der Waals surface area contributed by atoms with Gasteiger partial charge in [-0.3, -0.25) is 4.79 Å². The van der Waals surface area contributed by atoms with Crippen LogP contribution in [0.4, 0.5) is 5.69 Å². The molecule has 0 fully saturated rings. The van der Waals surface area contributed by atoms with E-state index in [1.807, 2.05) is 6.07 Å². The first-order chi connectivity index (χ1) is 9.47. The van der Waals surface area contributed by atoms with Crippen LogP contribution in [-0.2, 0) is 0 Å². The molecule has 0 radical (unpaired) electrons. The van der Waals surface area contributed by atoms with Crippen LogP contribution in [0.5, 0.6) is 0 Å². The van der Waals surface area contributed by atoms with Gasteiger partial charge in [-0.2, -0.15) is 0 Å². The van der Waals surface area contributed by atoms with Gasteiger partial charge in [0.25, 0.3) is 0 Å². The molecule has 2 aromatic rings. The van der Waals surface area contributed by atoms with Crippen molar-refractivity contribution in [3.63, 3.8) is 0 Å². The van der Waals surface area contributed by atoms with E-state index in [4.69, 9.17) is 17.3 Å². The summed E-state index contributed by atoms with van der Waals surface area (Å²) in [7, 11) is 0. The van der Waals surface area contributed by atoms with Gasteiger partial charge in [0.1, 0.15) is 0 Å². The van der Waals surface area contributed by atoms with Gasteiger partial charge in [-0.05, 0) is 37.6 Å². The normalized spacial score (nSPS) is 11.9. The highest BCUT2D eigenvalue weighted by molar-refractivity contribution is 6.33. The highest BCUT2D eigenvalue weighted by Crippen LogP contribution is 2.24. The van der Waals surface area contributed by atoms with Gasteiger partial charge >= 0.3 is 0 Å². The second-order valence-corrected chi connectivity index (χ2v) is 5.24. The van der Waals surface area contributed by atoms with Crippen LogP contribution in [0.25, 0.3) is 0 Å². The summed E-state index contributed by atoms with van der Waals surface area (Å²) in [5, 5.41) is 3.70. The summed E-state index contributed by atoms with van der Waals surface area (Å²) in [6, 6.07) is 13.6. The lowest BCUT2D eigenvalue weighted by Gasteiger charge is -2.16. The molecular weight excluding hydrogens is 272 g/mol. The van der Waals surface area contributed by atoms with Crippen molar-refractivity contribution in [1.82, 2.24) is 0 Å². The smallest absolute Gasteiger partial charge is 0.250 e. The van der Waals surface area contributed by atoms with Crippen LogP contribution in [0.15, 0.2) is 42.5 Å². The highest BCUT2D eigenvalue weighted by atomic mass is 35.5. The lowest BCUT2D eigenvalue weighted by Crippen LogP contribution is -2.13. The van der Waals surface area contributed by atoms with Gasteiger partial charge in [-0.15, -0.1) is 0 Å². The zero-order valence-electron chi connectivity index (χ0n) is 11.5. The minimum Gasteiger partial charge on any atom is -0.379 e. The number of aryl methyl sites for hydroxylation is 1. The number of hydrogen-bond acceptors (Lipinski definition) is 2. The van der Waals surface area contributed by atoms with Gasteiger partial charge in [0.05, 0.1) is 10.6 Å². The molecule has 0 aliphatic rings. The van der Waals surface area contributed by atoms with Crippen LogP contribution in [0.3, 0.4) is 0 Å². The van der Waals surface area contributed by atoms with Crippen LogP contribution in [0, 0.1) is 6.92 Å². The molecule has 1 amide bonds. The number of nitrogens with two attached hydrogens (primary N) is 1. The van der Waals surface area contributed by atoms with Crippen molar-refractivity contribution in [3.05, 3.63) is 64.2 Å². The van der Waals surface area contributed by atoms with E-state index in [0.29, 0.717) is 10.6 Å². The van der Waals surface area contributed by atoms with Crippen molar-refractivity contribution in [2.24, 2.45) is 5.73 Å². The molecule has 0 saturated carbocycles. The predicted molar refractivity (Wildman–Crippen MR) is 83.2 cm³/mol. The average molecular weight is 289 g/mol. The number of nitrogens with one attached hydrogen (secondary N) is 1. The first-order valence-electron chi connectivity index (χ1n) is 6.40. The minimum atomic E-state index is -0.526. The van der Waals surface area contributed by atoms with Crippen LogP contribution >= 0.6 is 11.6 Å². The van der Waals surface area contributed by atoms with Crippen molar-refractivity contribution in [2.45, 2.75) is 19.9 Å². The molecule has 0 bridgehead atoms. The molecule has 20 heavy (non-hydrogen) atoms. The molecule has 4 heteroatoms. The van der Waals surface area contributed by atoms with Crippen LogP contribution in [-0.4, -0.2) is 5.91 Å². The van der Waals surface area contributed by atoms with Gasteiger partial charge in [0, 0.05) is 11.7 Å². The van der Waals surface area contributed by atoms with Crippen molar-refractivity contribution in [2.75, 3.05) is 5.32 Å². The van der Waals surface area contributed by atoms with Crippen LogP contribution < -0.4 is 11.1 Å². The Morgan fingerprint density at radius 3 is 2.45 bits per heavy atom. The molecule has 0 aromatic heterocycles. The fourth-order valence-corrected chi connectivity index (χ4v) is 2.20. The fraction of sp³-hybridized carbons (Fsp3) is 0.188. The number of halogens is 1. The summed E-state index contributed by atoms with van der Waals surface area (Å²) in [6.45, 7) is 4.11. The number of carbonyl (C=O) groups is 1. The second kappa shape index (κ2) is 5.97. The van der Waals surface area contributed by atoms with Crippen molar-refractivity contribution in [3.8, 4) is 0 Å². The van der Waals surface area contributed by atoms with E-state index in [1.54, 1.807) is 12.1 Å². The zero-order chi connectivity index (χ0) is 14.7. The maximum atomic E-state index is 11.3. The maximum absolute atomic E-state index is 11.3. The summed E-state index contributed by atoms with van der Waals surface area (Å²) >= 11 is 5.93. The summed E-state index contributed by atoms with van der Waals surface area (Å²) in [6.07, 6.45) is 0. The fourth-order valence-electron chi connectivity index (χ4n) is 1.99. The van der Waals surface area contributed by atoms with E-state index in [1.165, 1.54) is 11.1 Å². The molecule has 0 heterocycles. The largest absolute Gasteiger partial charge is 0.379 e. The third-order valence-corrected chi connectivity index (χ3v) is 3.52. The van der Waals surface area contributed by atoms with E-state index >= 15 is 0 Å². The van der Waals surface area contributed by atoms with E-state index < -0.39 is 5.91 Å². The Bertz CT molecular complexity index is 623. The number of benzene rings is 2. The van der Waals surface area contributed by atoms with E-state index in [9.17, 15) is 4.79 Å². The Morgan fingerprint density at radius 1 is 1.20 bits per heavy atom. The molecule has 2 rings (SSSR count). The monoisotopic (exact) mass is 288 g/mol. The van der Waals surface area contributed by atoms with Crippen molar-refractivity contribution >= 4 is 23.2 Å². The van der Waals surface area contributed by atoms with Crippen molar-refractivity contribution in [1.29, 1.82) is 0 Å². The lowest BCUT2D eigenvalue weighted by molar-refractivity contribution is 0.100. The van der Waals surface area contributed by atoms with Gasteiger partial charge in [-0.25, -0.2) is 0 Å². The summed E-state index contributed by atoms with van der Waals surface area (Å²) in [5.41, 5.74) is 8.83. The Labute approximate surface area is 123 Å². The molecule has 104 valence electrons. The van der Waals surface area contributed by atoms with Gasteiger partial charge in [0.2, 0.25) is 5.91 Å². The number of amides is 1. The molecule has 3 nitrogen and oxygen atoms in total. The molecule has 1 unspecified atom stereocenters. The Hall–Kier alpha value is -2.00. The molecule has 0 saturated heterocycles. The number of primary amides is 1. The standard InChI is InChI=1S/C16H17ClN2O/c1-10-3-5-12(6-4-10)11(2)19-13-7-8-15(17)14(9-13)16(18)20/h3-9,11,19H,1-2H3,(H2,18,20). The first-order valence-corrected chi connectivity index (χ1v) is 6.77. The Morgan fingerprint density at radius 2 is 1.85 bits per heavy atom. The molecule has 0 aliphatic heterocycles. The average Bonchev–Trinajstić information content (AvgIpc) is 2.41. The first kappa shape index (κ1) is 14.4. The van der Waals surface area contributed by atoms with Crippen molar-refractivity contribution < 1.29 is 4.79 Å². The third kappa shape index (κ3) is 3.31. The maximum Gasteiger partial charge on any atom is 0.250 e. The summed E-state index contributed by atoms with van der Waals surface area (Å²) in [4.78, 5) is 11.3.